The van der Waals surface area contributed by atoms with Gasteiger partial charge in [-0.25, -0.2) is 4.39 Å². The van der Waals surface area contributed by atoms with Gasteiger partial charge in [0.15, 0.2) is 0 Å². The summed E-state index contributed by atoms with van der Waals surface area (Å²) in [5, 5.41) is -0.688. The van der Waals surface area contributed by atoms with Crippen LogP contribution in [0.3, 0.4) is 0 Å². The lowest BCUT2D eigenvalue weighted by Gasteiger charge is -2.11. The Balaban J connectivity index is 3.24. The Morgan fingerprint density at radius 2 is 1.73 bits per heavy atom. The van der Waals surface area contributed by atoms with Gasteiger partial charge in [0, 0.05) is 0 Å². The SMILES string of the molecule is C=C(c1cc(F)c(Cl)c(Cl)c1)C(F)(F)F. The number of rotatable bonds is 1. The smallest absolute Gasteiger partial charge is 0.205 e. The minimum absolute atomic E-state index is 0.280. The van der Waals surface area contributed by atoms with Crippen LogP contribution in [0.4, 0.5) is 17.6 Å². The third kappa shape index (κ3) is 2.63. The zero-order valence-corrected chi connectivity index (χ0v) is 8.64. The molecule has 0 atom stereocenters. The minimum atomic E-state index is -4.62. The molecular weight excluding hydrogens is 255 g/mol. The van der Waals surface area contributed by atoms with Crippen molar-refractivity contribution in [1.29, 1.82) is 0 Å². The molecular formula is C9H4Cl2F4. The molecule has 0 spiro atoms. The summed E-state index contributed by atoms with van der Waals surface area (Å²) in [6.45, 7) is 2.81. The van der Waals surface area contributed by atoms with Crippen LogP contribution in [-0.4, -0.2) is 6.18 Å². The van der Waals surface area contributed by atoms with Crippen LogP contribution in [0.1, 0.15) is 5.56 Å². The third-order valence-electron chi connectivity index (χ3n) is 1.67. The van der Waals surface area contributed by atoms with Crippen molar-refractivity contribution in [3.05, 3.63) is 40.1 Å². The summed E-state index contributed by atoms with van der Waals surface area (Å²) in [4.78, 5) is 0. The Labute approximate surface area is 93.1 Å². The lowest BCUT2D eigenvalue weighted by molar-refractivity contribution is -0.0686. The van der Waals surface area contributed by atoms with Gasteiger partial charge in [0.2, 0.25) is 0 Å². The van der Waals surface area contributed by atoms with Crippen molar-refractivity contribution in [1.82, 2.24) is 0 Å². The molecule has 1 aromatic rings. The van der Waals surface area contributed by atoms with Crippen molar-refractivity contribution >= 4 is 28.8 Å². The van der Waals surface area contributed by atoms with E-state index in [1.165, 1.54) is 0 Å². The van der Waals surface area contributed by atoms with Gasteiger partial charge >= 0.3 is 6.18 Å². The highest BCUT2D eigenvalue weighted by Crippen LogP contribution is 2.36. The summed E-state index contributed by atoms with van der Waals surface area (Å²) in [5.74, 6) is -1.01. The van der Waals surface area contributed by atoms with E-state index in [1.807, 2.05) is 0 Å². The molecule has 1 rings (SSSR count). The Morgan fingerprint density at radius 3 is 2.13 bits per heavy atom. The molecule has 0 saturated heterocycles. The normalized spacial score (nSPS) is 11.6. The highest BCUT2D eigenvalue weighted by molar-refractivity contribution is 6.42. The molecule has 1 aromatic carbocycles. The summed E-state index contributed by atoms with van der Waals surface area (Å²) < 4.78 is 49.6. The standard InChI is InChI=1S/C9H4Cl2F4/c1-4(9(13,14)15)5-2-6(10)8(11)7(12)3-5/h2-3H,1H2. The topological polar surface area (TPSA) is 0 Å². The predicted octanol–water partition coefficient (Wildman–Crippen LogP) is 4.71. The van der Waals surface area contributed by atoms with E-state index < -0.39 is 28.2 Å². The maximum atomic E-state index is 13.0. The number of allylic oxidation sites excluding steroid dienone is 1. The van der Waals surface area contributed by atoms with Crippen LogP contribution in [0.5, 0.6) is 0 Å². The van der Waals surface area contributed by atoms with Gasteiger partial charge in [0.1, 0.15) is 5.82 Å². The van der Waals surface area contributed by atoms with E-state index >= 15 is 0 Å². The van der Waals surface area contributed by atoms with Crippen molar-refractivity contribution in [3.63, 3.8) is 0 Å². The molecule has 15 heavy (non-hydrogen) atoms. The second-order valence-electron chi connectivity index (χ2n) is 2.73. The summed E-state index contributed by atoms with van der Waals surface area (Å²) in [5.41, 5.74) is -1.60. The molecule has 6 heteroatoms. The molecule has 0 aliphatic carbocycles. The Morgan fingerprint density at radius 1 is 1.20 bits per heavy atom. The molecule has 0 heterocycles. The molecule has 0 N–H and O–H groups in total. The van der Waals surface area contributed by atoms with Gasteiger partial charge in [-0.05, 0) is 17.7 Å². The summed E-state index contributed by atoms with van der Waals surface area (Å²) in [6.07, 6.45) is -4.62. The van der Waals surface area contributed by atoms with Gasteiger partial charge in [-0.3, -0.25) is 0 Å². The van der Waals surface area contributed by atoms with Gasteiger partial charge < -0.3 is 0 Å². The Kier molecular flexibility index (Phi) is 3.31. The maximum absolute atomic E-state index is 13.0. The van der Waals surface area contributed by atoms with E-state index in [9.17, 15) is 17.6 Å². The summed E-state index contributed by atoms with van der Waals surface area (Å²) >= 11 is 10.8. The van der Waals surface area contributed by atoms with Gasteiger partial charge in [-0.2, -0.15) is 13.2 Å². The number of alkyl halides is 3. The quantitative estimate of drug-likeness (QED) is 0.506. The summed E-state index contributed by atoms with van der Waals surface area (Å²) in [6, 6.07) is 1.56. The van der Waals surface area contributed by atoms with E-state index in [1.54, 1.807) is 0 Å². The van der Waals surface area contributed by atoms with Gasteiger partial charge in [0.25, 0.3) is 0 Å². The van der Waals surface area contributed by atoms with Crippen LogP contribution in [0.25, 0.3) is 5.57 Å². The van der Waals surface area contributed by atoms with Crippen LogP contribution in [0.15, 0.2) is 18.7 Å². The van der Waals surface area contributed by atoms with Gasteiger partial charge in [-0.15, -0.1) is 0 Å². The Hall–Kier alpha value is -0.740. The van der Waals surface area contributed by atoms with Crippen LogP contribution in [0, 0.1) is 5.82 Å². The van der Waals surface area contributed by atoms with Crippen LogP contribution in [-0.2, 0) is 0 Å². The fraction of sp³-hybridized carbons (Fsp3) is 0.111. The highest BCUT2D eigenvalue weighted by atomic mass is 35.5. The van der Waals surface area contributed by atoms with E-state index in [4.69, 9.17) is 23.2 Å². The van der Waals surface area contributed by atoms with E-state index in [2.05, 4.69) is 6.58 Å². The maximum Gasteiger partial charge on any atom is 0.416 e. The van der Waals surface area contributed by atoms with E-state index in [0.717, 1.165) is 6.07 Å². The van der Waals surface area contributed by atoms with E-state index in [0.29, 0.717) is 6.07 Å². The average molecular weight is 259 g/mol. The zero-order valence-electron chi connectivity index (χ0n) is 7.13. The molecule has 0 unspecified atom stereocenters. The molecule has 0 radical (unpaired) electrons. The number of benzene rings is 1. The monoisotopic (exact) mass is 258 g/mol. The lowest BCUT2D eigenvalue weighted by Crippen LogP contribution is -2.09. The average Bonchev–Trinajstić information content (AvgIpc) is 2.10. The molecule has 0 fully saturated rings. The first-order valence-electron chi connectivity index (χ1n) is 3.64. The fourth-order valence-corrected chi connectivity index (χ4v) is 1.21. The summed E-state index contributed by atoms with van der Waals surface area (Å²) in [7, 11) is 0. The molecule has 0 amide bonds. The zero-order chi connectivity index (χ0) is 11.8. The van der Waals surface area contributed by atoms with Crippen molar-refractivity contribution in [3.8, 4) is 0 Å². The molecule has 0 aliphatic rings. The second-order valence-corrected chi connectivity index (χ2v) is 3.52. The van der Waals surface area contributed by atoms with Crippen molar-refractivity contribution < 1.29 is 17.6 Å². The number of halogens is 6. The first-order chi connectivity index (χ1) is 6.73. The molecule has 0 aromatic heterocycles. The van der Waals surface area contributed by atoms with Crippen LogP contribution >= 0.6 is 23.2 Å². The first-order valence-corrected chi connectivity index (χ1v) is 4.40. The van der Waals surface area contributed by atoms with Crippen LogP contribution < -0.4 is 0 Å². The van der Waals surface area contributed by atoms with Crippen molar-refractivity contribution in [2.24, 2.45) is 0 Å². The van der Waals surface area contributed by atoms with E-state index in [-0.39, 0.29) is 5.02 Å². The minimum Gasteiger partial charge on any atom is -0.205 e. The fourth-order valence-electron chi connectivity index (χ4n) is 0.893. The molecule has 0 aliphatic heterocycles. The molecule has 0 bridgehead atoms. The van der Waals surface area contributed by atoms with Gasteiger partial charge in [0.05, 0.1) is 15.6 Å². The molecule has 0 nitrogen and oxygen atoms in total. The lowest BCUT2D eigenvalue weighted by atomic mass is 10.1. The molecule has 82 valence electrons. The highest BCUT2D eigenvalue weighted by Gasteiger charge is 2.33. The Bertz CT molecular complexity index is 386. The second kappa shape index (κ2) is 4.02. The first kappa shape index (κ1) is 12.3. The number of hydrogen-bond acceptors (Lipinski definition) is 0. The van der Waals surface area contributed by atoms with Crippen LogP contribution in [0.2, 0.25) is 10.0 Å². The van der Waals surface area contributed by atoms with Crippen molar-refractivity contribution in [2.75, 3.05) is 0 Å². The predicted molar refractivity (Wildman–Crippen MR) is 51.5 cm³/mol. The van der Waals surface area contributed by atoms with Gasteiger partial charge in [-0.1, -0.05) is 29.8 Å². The third-order valence-corrected chi connectivity index (χ3v) is 2.45. The van der Waals surface area contributed by atoms with Crippen molar-refractivity contribution in [2.45, 2.75) is 6.18 Å². The largest absolute Gasteiger partial charge is 0.416 e. The molecule has 0 saturated carbocycles. The number of hydrogen-bond donors (Lipinski definition) is 0.